The molecule has 0 fully saturated rings. The largest absolute Gasteiger partial charge is 0.489 e. The molecule has 1 N–H and O–H groups in total. The fraction of sp³-hybridized carbons (Fsp3) is 0.167. The van der Waals surface area contributed by atoms with Crippen LogP contribution in [0.1, 0.15) is 50.3 Å². The van der Waals surface area contributed by atoms with E-state index in [9.17, 15) is 40.7 Å². The Morgan fingerprint density at radius 3 is 1.64 bits per heavy atom. The molecule has 2 atom stereocenters. The summed E-state index contributed by atoms with van der Waals surface area (Å²) < 4.78 is 104. The summed E-state index contributed by atoms with van der Waals surface area (Å²) in [6, 6.07) is 29.6. The molecule has 2 aliphatic heterocycles. The molecule has 302 valence electrons. The zero-order chi connectivity index (χ0) is 41.7. The van der Waals surface area contributed by atoms with Gasteiger partial charge in [0.05, 0.1) is 0 Å². The molecule has 17 heteroatoms. The summed E-state index contributed by atoms with van der Waals surface area (Å²) in [5.74, 6) is -4.97. The number of alkyl halides is 6. The maximum Gasteiger partial charge on any atom is 0.468 e. The third-order valence-corrected chi connectivity index (χ3v) is 8.77. The summed E-state index contributed by atoms with van der Waals surface area (Å²) in [6.45, 7) is 0.127. The van der Waals surface area contributed by atoms with Gasteiger partial charge in [-0.05, 0) is 64.7 Å². The predicted molar refractivity (Wildman–Crippen MR) is 198 cm³/mol. The highest BCUT2D eigenvalue weighted by Crippen LogP contribution is 2.33. The Morgan fingerprint density at radius 2 is 1.10 bits per heavy atom. The van der Waals surface area contributed by atoms with E-state index in [4.69, 9.17) is 14.2 Å². The SMILES string of the molecule is O=C(Nc1cccc(OCc2ccccc2)c1)c1cc(COc2ccc(C3N=C(C(F)(F)F)OC3=O)cc2)ccc1COc1ccc(C2N=C(C(F)(F)F)OC2=O)cc1. The van der Waals surface area contributed by atoms with Crippen molar-refractivity contribution < 1.29 is 64.4 Å². The van der Waals surface area contributed by atoms with Crippen LogP contribution >= 0.6 is 0 Å². The molecule has 0 aliphatic carbocycles. The highest BCUT2D eigenvalue weighted by Gasteiger charge is 2.47. The standard InChI is InChI=1S/C42H29F6N3O8/c43-41(44,45)39-50-34(37(53)58-39)26-11-15-30(16-12-26)55-22-25-9-10-28(23-57-31-17-13-27(14-18-31)35-38(54)59-40(51-35)42(46,47)48)33(19-25)36(52)49-29-7-4-8-32(20-29)56-21-24-5-2-1-3-6-24/h1-20,34-35H,21-23H2,(H,49,52). The number of nitrogens with one attached hydrogen (secondary N) is 1. The molecule has 0 radical (unpaired) electrons. The highest BCUT2D eigenvalue weighted by atomic mass is 19.4. The van der Waals surface area contributed by atoms with Gasteiger partial charge < -0.3 is 29.0 Å². The summed E-state index contributed by atoms with van der Waals surface area (Å²) in [7, 11) is 0. The molecule has 5 aromatic carbocycles. The van der Waals surface area contributed by atoms with Gasteiger partial charge in [-0.2, -0.15) is 26.3 Å². The lowest BCUT2D eigenvalue weighted by Crippen LogP contribution is -2.23. The lowest BCUT2D eigenvalue weighted by atomic mass is 10.0. The van der Waals surface area contributed by atoms with E-state index in [0.29, 0.717) is 34.9 Å². The Kier molecular flexibility index (Phi) is 11.4. The van der Waals surface area contributed by atoms with E-state index >= 15 is 0 Å². The van der Waals surface area contributed by atoms with Gasteiger partial charge in [0.1, 0.15) is 37.1 Å². The first-order valence-corrected chi connectivity index (χ1v) is 17.6. The van der Waals surface area contributed by atoms with Crippen LogP contribution in [-0.2, 0) is 38.9 Å². The van der Waals surface area contributed by atoms with Crippen molar-refractivity contribution in [3.63, 3.8) is 0 Å². The second-order valence-electron chi connectivity index (χ2n) is 13.0. The first-order valence-electron chi connectivity index (χ1n) is 17.6. The number of aliphatic imine (C=N–C) groups is 2. The number of rotatable bonds is 13. The molecule has 11 nitrogen and oxygen atoms in total. The lowest BCUT2D eigenvalue weighted by molar-refractivity contribution is -0.139. The number of esters is 2. The number of anilines is 1. The van der Waals surface area contributed by atoms with Crippen LogP contribution in [0, 0.1) is 0 Å². The van der Waals surface area contributed by atoms with Crippen molar-refractivity contribution in [2.75, 3.05) is 5.32 Å². The van der Waals surface area contributed by atoms with Gasteiger partial charge in [-0.15, -0.1) is 0 Å². The van der Waals surface area contributed by atoms with Crippen molar-refractivity contribution in [3.8, 4) is 17.2 Å². The number of amides is 1. The first kappa shape index (κ1) is 40.0. The summed E-state index contributed by atoms with van der Waals surface area (Å²) in [4.78, 5) is 44.7. The Bertz CT molecular complexity index is 2420. The Balaban J connectivity index is 1.06. The molecular weight excluding hydrogens is 788 g/mol. The molecule has 0 spiro atoms. The second kappa shape index (κ2) is 16.7. The maximum absolute atomic E-state index is 13.9. The van der Waals surface area contributed by atoms with E-state index in [1.54, 1.807) is 42.5 Å². The van der Waals surface area contributed by atoms with Gasteiger partial charge in [-0.25, -0.2) is 19.6 Å². The van der Waals surface area contributed by atoms with Crippen molar-refractivity contribution in [1.82, 2.24) is 0 Å². The third-order valence-electron chi connectivity index (χ3n) is 8.77. The highest BCUT2D eigenvalue weighted by molar-refractivity contribution is 6.05. The number of ether oxygens (including phenoxy) is 5. The number of carbonyl (C=O) groups excluding carboxylic acids is 3. The zero-order valence-electron chi connectivity index (χ0n) is 30.3. The van der Waals surface area contributed by atoms with Crippen LogP contribution in [-0.4, -0.2) is 42.0 Å². The molecule has 2 heterocycles. The number of halogens is 6. The zero-order valence-corrected chi connectivity index (χ0v) is 30.3. The number of hydrogen-bond acceptors (Lipinski definition) is 10. The molecule has 1 amide bonds. The van der Waals surface area contributed by atoms with Crippen LogP contribution in [0.3, 0.4) is 0 Å². The smallest absolute Gasteiger partial charge is 0.468 e. The van der Waals surface area contributed by atoms with Crippen LogP contribution in [0.15, 0.2) is 131 Å². The second-order valence-corrected chi connectivity index (χ2v) is 13.0. The third kappa shape index (κ3) is 9.87. The van der Waals surface area contributed by atoms with Gasteiger partial charge in [0, 0.05) is 22.9 Å². The molecule has 0 saturated heterocycles. The Morgan fingerprint density at radius 1 is 0.576 bits per heavy atom. The molecule has 0 aromatic heterocycles. The fourth-order valence-electron chi connectivity index (χ4n) is 5.85. The van der Waals surface area contributed by atoms with E-state index in [1.165, 1.54) is 48.5 Å². The average Bonchev–Trinajstić information content (AvgIpc) is 3.82. The van der Waals surface area contributed by atoms with Gasteiger partial charge in [-0.1, -0.05) is 72.8 Å². The minimum Gasteiger partial charge on any atom is -0.489 e. The minimum atomic E-state index is -4.91. The quantitative estimate of drug-likeness (QED) is 0.0921. The Labute approximate surface area is 330 Å². The molecule has 2 unspecified atom stereocenters. The summed E-state index contributed by atoms with van der Waals surface area (Å²) in [5, 5.41) is 2.87. The normalized spacial score (nSPS) is 16.4. The number of benzene rings is 5. The summed E-state index contributed by atoms with van der Waals surface area (Å²) >= 11 is 0. The molecule has 7 rings (SSSR count). The number of nitrogens with zero attached hydrogens (tertiary/aromatic N) is 2. The van der Waals surface area contributed by atoms with Gasteiger partial charge in [-0.3, -0.25) is 4.79 Å². The number of carbonyl (C=O) groups is 3. The van der Waals surface area contributed by atoms with E-state index in [0.717, 1.165) is 5.56 Å². The van der Waals surface area contributed by atoms with Crippen LogP contribution < -0.4 is 19.5 Å². The topological polar surface area (TPSA) is 134 Å². The lowest BCUT2D eigenvalue weighted by Gasteiger charge is -2.15. The minimum absolute atomic E-state index is 0.0466. The monoisotopic (exact) mass is 817 g/mol. The summed E-state index contributed by atoms with van der Waals surface area (Å²) in [6.07, 6.45) is -9.82. The van der Waals surface area contributed by atoms with Crippen LogP contribution in [0.5, 0.6) is 17.2 Å². The number of cyclic esters (lactones) is 2. The molecule has 5 aromatic rings. The fourth-order valence-corrected chi connectivity index (χ4v) is 5.85. The number of hydrogen-bond donors (Lipinski definition) is 1. The van der Waals surface area contributed by atoms with Gasteiger partial charge in [0.25, 0.3) is 5.91 Å². The van der Waals surface area contributed by atoms with Crippen LogP contribution in [0.25, 0.3) is 0 Å². The van der Waals surface area contributed by atoms with Crippen molar-refractivity contribution in [3.05, 3.63) is 155 Å². The van der Waals surface area contributed by atoms with Crippen molar-refractivity contribution in [2.45, 2.75) is 44.3 Å². The van der Waals surface area contributed by atoms with E-state index < -0.39 is 54.1 Å². The maximum atomic E-state index is 13.9. The molecule has 59 heavy (non-hydrogen) atoms. The van der Waals surface area contributed by atoms with Crippen molar-refractivity contribution in [1.29, 1.82) is 0 Å². The van der Waals surface area contributed by atoms with Crippen molar-refractivity contribution in [2.24, 2.45) is 9.98 Å². The summed E-state index contributed by atoms with van der Waals surface area (Å²) in [5.41, 5.74) is 2.90. The molecular formula is C42H29F6N3O8. The van der Waals surface area contributed by atoms with Crippen LogP contribution in [0.4, 0.5) is 32.0 Å². The molecule has 2 aliphatic rings. The van der Waals surface area contributed by atoms with Crippen LogP contribution in [0.2, 0.25) is 0 Å². The van der Waals surface area contributed by atoms with Gasteiger partial charge in [0.15, 0.2) is 12.1 Å². The van der Waals surface area contributed by atoms with E-state index in [-0.39, 0.29) is 35.7 Å². The molecule has 0 saturated carbocycles. The van der Waals surface area contributed by atoms with E-state index in [1.807, 2.05) is 30.3 Å². The van der Waals surface area contributed by atoms with Gasteiger partial charge >= 0.3 is 36.1 Å². The average molecular weight is 818 g/mol. The van der Waals surface area contributed by atoms with E-state index in [2.05, 4.69) is 24.8 Å². The van der Waals surface area contributed by atoms with Crippen molar-refractivity contribution >= 4 is 35.3 Å². The van der Waals surface area contributed by atoms with Gasteiger partial charge in [0.2, 0.25) is 0 Å². The Hall–Kier alpha value is -7.17. The first-order chi connectivity index (χ1) is 28.2. The predicted octanol–water partition coefficient (Wildman–Crippen LogP) is 8.79. The molecule has 0 bridgehead atoms.